The summed E-state index contributed by atoms with van der Waals surface area (Å²) in [6.45, 7) is 0. The first-order chi connectivity index (χ1) is 31.3. The highest BCUT2D eigenvalue weighted by Gasteiger charge is 2.24. The molecule has 13 aromatic rings. The molecule has 0 aliphatic heterocycles. The first-order valence-corrected chi connectivity index (χ1v) is 21.2. The second kappa shape index (κ2) is 14.0. The zero-order chi connectivity index (χ0) is 41.4. The smallest absolute Gasteiger partial charge is 0.238 e. The predicted octanol–water partition coefficient (Wildman–Crippen LogP) is 14.6. The normalized spacial score (nSPS) is 11.8. The summed E-state index contributed by atoms with van der Waals surface area (Å²) in [5.41, 5.74) is 13.3. The van der Waals surface area contributed by atoms with Crippen LogP contribution in [0.25, 0.3) is 122 Å². The van der Waals surface area contributed by atoms with Gasteiger partial charge < -0.3 is 8.98 Å². The molecule has 63 heavy (non-hydrogen) atoms. The lowest BCUT2D eigenvalue weighted by Gasteiger charge is -2.14. The molecule has 0 fully saturated rings. The fourth-order valence-corrected chi connectivity index (χ4v) is 9.60. The van der Waals surface area contributed by atoms with Crippen molar-refractivity contribution < 1.29 is 4.42 Å². The summed E-state index contributed by atoms with van der Waals surface area (Å²) in [5.74, 6) is 1.64. The number of para-hydroxylation sites is 4. The van der Waals surface area contributed by atoms with E-state index in [9.17, 15) is 0 Å². The van der Waals surface area contributed by atoms with E-state index >= 15 is 0 Å². The molecule has 0 atom stereocenters. The summed E-state index contributed by atoms with van der Waals surface area (Å²) in [6.07, 6.45) is 0. The summed E-state index contributed by atoms with van der Waals surface area (Å²) in [7, 11) is 0. The second-order valence-corrected chi connectivity index (χ2v) is 16.0. The fraction of sp³-hybridized carbons (Fsp3) is 0. The van der Waals surface area contributed by atoms with Crippen molar-refractivity contribution in [2.24, 2.45) is 0 Å². The lowest BCUT2D eigenvalue weighted by Crippen LogP contribution is -2.07. The van der Waals surface area contributed by atoms with Gasteiger partial charge in [-0.15, -0.1) is 0 Å². The number of hydrogen-bond donors (Lipinski definition) is 0. The van der Waals surface area contributed by atoms with Crippen LogP contribution in [0.1, 0.15) is 0 Å². The van der Waals surface area contributed by atoms with Gasteiger partial charge >= 0.3 is 0 Å². The molecule has 0 bridgehead atoms. The van der Waals surface area contributed by atoms with Crippen LogP contribution < -0.4 is 0 Å². The van der Waals surface area contributed by atoms with Gasteiger partial charge in [-0.1, -0.05) is 176 Å². The molecule has 4 aromatic heterocycles. The summed E-state index contributed by atoms with van der Waals surface area (Å²) in [5, 5.41) is 6.61. The molecule has 0 aliphatic rings. The van der Waals surface area contributed by atoms with Gasteiger partial charge in [-0.2, -0.15) is 9.97 Å². The first-order valence-electron chi connectivity index (χ1n) is 21.2. The number of benzene rings is 9. The monoisotopic (exact) mass is 805 g/mol. The summed E-state index contributed by atoms with van der Waals surface area (Å²) < 4.78 is 11.2. The van der Waals surface area contributed by atoms with Gasteiger partial charge in [0, 0.05) is 43.6 Å². The lowest BCUT2D eigenvalue weighted by molar-refractivity contribution is 0.669. The highest BCUT2D eigenvalue weighted by molar-refractivity contribution is 6.23. The Morgan fingerprint density at radius 3 is 1.52 bits per heavy atom. The molecule has 6 heteroatoms. The molecule has 0 spiro atoms. The second-order valence-electron chi connectivity index (χ2n) is 16.0. The van der Waals surface area contributed by atoms with Gasteiger partial charge in [0.15, 0.2) is 11.6 Å². The molecule has 294 valence electrons. The van der Waals surface area contributed by atoms with Crippen molar-refractivity contribution in [2.75, 3.05) is 0 Å². The highest BCUT2D eigenvalue weighted by Crippen LogP contribution is 2.43. The van der Waals surface area contributed by atoms with Crippen LogP contribution >= 0.6 is 0 Å². The molecule has 0 aliphatic carbocycles. The third-order valence-electron chi connectivity index (χ3n) is 12.4. The zero-order valence-electron chi connectivity index (χ0n) is 33.9. The van der Waals surface area contributed by atoms with Crippen molar-refractivity contribution in [1.29, 1.82) is 0 Å². The molecule has 0 N–H and O–H groups in total. The Labute approximate surface area is 361 Å². The Morgan fingerprint density at radius 1 is 0.317 bits per heavy atom. The van der Waals surface area contributed by atoms with Gasteiger partial charge in [-0.3, -0.25) is 4.57 Å². The van der Waals surface area contributed by atoms with E-state index in [-0.39, 0.29) is 0 Å². The minimum Gasteiger partial charge on any atom is -0.455 e. The lowest BCUT2D eigenvalue weighted by atomic mass is 9.94. The zero-order valence-corrected chi connectivity index (χ0v) is 33.9. The van der Waals surface area contributed by atoms with Crippen LogP contribution in [0, 0.1) is 0 Å². The SMILES string of the molecule is c1ccc(-c2nc(-c3cccc4c3oc3ccccc34)nc(-n3c4ccccc4c4ccc5c6ccccc6n(-c6ccc(-c7ccccc7-c7ccccc7)cc6)c5c43)n2)cc1. The Balaban J connectivity index is 1.09. The van der Waals surface area contributed by atoms with Crippen molar-refractivity contribution in [3.05, 3.63) is 212 Å². The molecule has 0 saturated heterocycles. The molecular formula is C57H35N5O. The number of hydrogen-bond acceptors (Lipinski definition) is 4. The maximum atomic E-state index is 6.57. The first kappa shape index (κ1) is 35.2. The van der Waals surface area contributed by atoms with Crippen LogP contribution in [-0.4, -0.2) is 24.1 Å². The molecule has 0 unspecified atom stereocenters. The third kappa shape index (κ3) is 5.48. The molecule has 0 amide bonds. The Hall–Kier alpha value is -8.61. The van der Waals surface area contributed by atoms with Gasteiger partial charge in [-0.05, 0) is 58.7 Å². The van der Waals surface area contributed by atoms with Crippen molar-refractivity contribution in [1.82, 2.24) is 24.1 Å². The molecule has 13 rings (SSSR count). The minimum atomic E-state index is 0.523. The molecule has 9 aromatic carbocycles. The molecule has 4 heterocycles. The van der Waals surface area contributed by atoms with E-state index in [1.807, 2.05) is 42.5 Å². The van der Waals surface area contributed by atoms with Crippen LogP contribution in [-0.2, 0) is 0 Å². The summed E-state index contributed by atoms with van der Waals surface area (Å²) in [6, 6.07) is 74.5. The van der Waals surface area contributed by atoms with E-state index in [0.29, 0.717) is 17.6 Å². The van der Waals surface area contributed by atoms with E-state index in [1.54, 1.807) is 0 Å². The fourth-order valence-electron chi connectivity index (χ4n) is 9.60. The van der Waals surface area contributed by atoms with Crippen LogP contribution in [0.4, 0.5) is 0 Å². The summed E-state index contributed by atoms with van der Waals surface area (Å²) >= 11 is 0. The predicted molar refractivity (Wildman–Crippen MR) is 258 cm³/mol. The Morgan fingerprint density at radius 2 is 0.825 bits per heavy atom. The van der Waals surface area contributed by atoms with Gasteiger partial charge in [0.2, 0.25) is 5.95 Å². The van der Waals surface area contributed by atoms with Crippen LogP contribution in [0.3, 0.4) is 0 Å². The average molecular weight is 806 g/mol. The Kier molecular flexibility index (Phi) is 7.80. The van der Waals surface area contributed by atoms with Crippen LogP contribution in [0.2, 0.25) is 0 Å². The molecule has 6 nitrogen and oxygen atoms in total. The maximum absolute atomic E-state index is 6.57. The molecule has 0 saturated carbocycles. The largest absolute Gasteiger partial charge is 0.455 e. The number of nitrogens with zero attached hydrogens (tertiary/aromatic N) is 5. The average Bonchev–Trinajstić information content (AvgIpc) is 4.02. The van der Waals surface area contributed by atoms with Crippen molar-refractivity contribution in [2.45, 2.75) is 0 Å². The number of aromatic nitrogens is 5. The van der Waals surface area contributed by atoms with Crippen molar-refractivity contribution >= 4 is 65.6 Å². The van der Waals surface area contributed by atoms with Crippen LogP contribution in [0.15, 0.2) is 217 Å². The maximum Gasteiger partial charge on any atom is 0.238 e. The number of furan rings is 1. The van der Waals surface area contributed by atoms with E-state index in [1.165, 1.54) is 22.1 Å². The summed E-state index contributed by atoms with van der Waals surface area (Å²) in [4.78, 5) is 15.9. The highest BCUT2D eigenvalue weighted by atomic mass is 16.3. The number of rotatable bonds is 6. The van der Waals surface area contributed by atoms with E-state index in [2.05, 4.69) is 179 Å². The molecular weight excluding hydrogens is 771 g/mol. The van der Waals surface area contributed by atoms with Gasteiger partial charge in [0.25, 0.3) is 0 Å². The van der Waals surface area contributed by atoms with Gasteiger partial charge in [0.05, 0.1) is 27.6 Å². The van der Waals surface area contributed by atoms with Crippen LogP contribution in [0.5, 0.6) is 0 Å². The quantitative estimate of drug-likeness (QED) is 0.168. The number of fused-ring (bicyclic) bond motifs is 10. The van der Waals surface area contributed by atoms with Gasteiger partial charge in [-0.25, -0.2) is 4.98 Å². The molecule has 0 radical (unpaired) electrons. The van der Waals surface area contributed by atoms with Crippen molar-refractivity contribution in [3.8, 4) is 56.7 Å². The Bertz CT molecular complexity index is 3900. The van der Waals surface area contributed by atoms with E-state index in [4.69, 9.17) is 19.4 Å². The topological polar surface area (TPSA) is 61.7 Å². The van der Waals surface area contributed by atoms with E-state index < -0.39 is 0 Å². The minimum absolute atomic E-state index is 0.523. The van der Waals surface area contributed by atoms with Gasteiger partial charge in [0.1, 0.15) is 11.2 Å². The standard InChI is InChI=1S/C57H35N5O/c1-3-16-36(17-4-1)40-20-7-8-21-41(40)37-30-32-39(33-31-37)61-49-27-12-9-22-42(49)45-34-35-46-43-23-10-13-28-50(43)62(53(46)52(45)61)57-59-55(38-18-5-2-6-19-38)58-56(60-57)48-26-15-25-47-44-24-11-14-29-51(44)63-54(47)48/h1-35H. The van der Waals surface area contributed by atoms with Crippen molar-refractivity contribution in [3.63, 3.8) is 0 Å². The van der Waals surface area contributed by atoms with E-state index in [0.717, 1.165) is 82.5 Å². The third-order valence-corrected chi connectivity index (χ3v) is 12.4.